The van der Waals surface area contributed by atoms with Crippen molar-refractivity contribution in [2.45, 2.75) is 24.8 Å². The fourth-order valence-corrected chi connectivity index (χ4v) is 2.81. The molecule has 104 valence electrons. The Hall–Kier alpha value is -1.39. The summed E-state index contributed by atoms with van der Waals surface area (Å²) < 4.78 is 0. The molecular formula is C15H22N2O2. The summed E-state index contributed by atoms with van der Waals surface area (Å²) in [5.74, 6) is -0.765. The first kappa shape index (κ1) is 14.0. The second kappa shape index (κ2) is 5.72. The molecule has 4 nitrogen and oxygen atoms in total. The first-order valence-electron chi connectivity index (χ1n) is 6.78. The molecule has 0 saturated heterocycles. The van der Waals surface area contributed by atoms with Gasteiger partial charge in [-0.3, -0.25) is 5.32 Å². The minimum Gasteiger partial charge on any atom is -0.480 e. The number of hydrogen-bond acceptors (Lipinski definition) is 3. The maximum Gasteiger partial charge on any atom is 0.328 e. The molecule has 4 heteroatoms. The predicted molar refractivity (Wildman–Crippen MR) is 75.3 cm³/mol. The number of carboxylic acids is 1. The molecule has 2 rings (SSSR count). The van der Waals surface area contributed by atoms with E-state index in [4.69, 9.17) is 0 Å². The Balaban J connectivity index is 2.28. The van der Waals surface area contributed by atoms with Gasteiger partial charge in [-0.2, -0.15) is 0 Å². The van der Waals surface area contributed by atoms with E-state index in [1.807, 2.05) is 38.4 Å². The zero-order valence-electron chi connectivity index (χ0n) is 11.6. The van der Waals surface area contributed by atoms with Gasteiger partial charge in [0.05, 0.1) is 0 Å². The van der Waals surface area contributed by atoms with Crippen LogP contribution in [0.1, 0.15) is 24.0 Å². The molecule has 0 amide bonds. The smallest absolute Gasteiger partial charge is 0.328 e. The summed E-state index contributed by atoms with van der Waals surface area (Å²) in [7, 11) is 3.98. The second-order valence-electron chi connectivity index (χ2n) is 5.45. The van der Waals surface area contributed by atoms with Crippen molar-refractivity contribution in [3.63, 3.8) is 0 Å². The number of nitrogens with zero attached hydrogens (tertiary/aromatic N) is 1. The Morgan fingerprint density at radius 3 is 2.84 bits per heavy atom. The lowest BCUT2D eigenvalue weighted by atomic mass is 9.76. The van der Waals surface area contributed by atoms with E-state index in [1.54, 1.807) is 0 Å². The number of aryl methyl sites for hydroxylation is 1. The molecule has 0 radical (unpaired) electrons. The number of carboxylic acid groups (broad SMARTS) is 1. The third-order valence-corrected chi connectivity index (χ3v) is 3.83. The topological polar surface area (TPSA) is 52.6 Å². The number of hydrogen-bond donors (Lipinski definition) is 2. The zero-order valence-corrected chi connectivity index (χ0v) is 11.6. The lowest BCUT2D eigenvalue weighted by molar-refractivity contribution is -0.146. The van der Waals surface area contributed by atoms with Crippen LogP contribution in [0.5, 0.6) is 0 Å². The Bertz CT molecular complexity index is 459. The number of carbonyl (C=O) groups is 1. The molecule has 2 N–H and O–H groups in total. The lowest BCUT2D eigenvalue weighted by Crippen LogP contribution is -2.52. The number of aliphatic carboxylic acids is 1. The van der Waals surface area contributed by atoms with Crippen molar-refractivity contribution in [3.8, 4) is 0 Å². The standard InChI is InChI=1S/C15H22N2O2/c1-17(2)11-10-16-15(14(18)19)9-5-7-12-6-3-4-8-13(12)15/h3-4,6,8,16H,5,7,9-11H2,1-2H3,(H,18,19). The predicted octanol–water partition coefficient (Wildman–Crippen LogP) is 1.45. The van der Waals surface area contributed by atoms with Gasteiger partial charge in [0.1, 0.15) is 5.54 Å². The Morgan fingerprint density at radius 2 is 2.16 bits per heavy atom. The number of fused-ring (bicyclic) bond motifs is 1. The highest BCUT2D eigenvalue weighted by atomic mass is 16.4. The van der Waals surface area contributed by atoms with Gasteiger partial charge in [-0.15, -0.1) is 0 Å². The molecule has 1 aliphatic carbocycles. The van der Waals surface area contributed by atoms with Crippen LogP contribution in [-0.4, -0.2) is 43.2 Å². The van der Waals surface area contributed by atoms with E-state index in [1.165, 1.54) is 0 Å². The Morgan fingerprint density at radius 1 is 1.42 bits per heavy atom. The molecule has 0 aliphatic heterocycles. The lowest BCUT2D eigenvalue weighted by Gasteiger charge is -2.36. The summed E-state index contributed by atoms with van der Waals surface area (Å²) in [4.78, 5) is 13.9. The van der Waals surface area contributed by atoms with Crippen LogP contribution in [0.2, 0.25) is 0 Å². The van der Waals surface area contributed by atoms with E-state index in [0.29, 0.717) is 13.0 Å². The average Bonchev–Trinajstić information content (AvgIpc) is 2.38. The van der Waals surface area contributed by atoms with Crippen molar-refractivity contribution in [3.05, 3.63) is 35.4 Å². The summed E-state index contributed by atoms with van der Waals surface area (Å²) in [5.41, 5.74) is 1.19. The summed E-state index contributed by atoms with van der Waals surface area (Å²) >= 11 is 0. The third kappa shape index (κ3) is 2.80. The van der Waals surface area contributed by atoms with Crippen LogP contribution in [0, 0.1) is 0 Å². The van der Waals surface area contributed by atoms with Gasteiger partial charge < -0.3 is 10.0 Å². The Labute approximate surface area is 114 Å². The van der Waals surface area contributed by atoms with Crippen molar-refractivity contribution in [2.75, 3.05) is 27.2 Å². The van der Waals surface area contributed by atoms with Gasteiger partial charge in [-0.25, -0.2) is 4.79 Å². The average molecular weight is 262 g/mol. The Kier molecular flexibility index (Phi) is 4.22. The maximum absolute atomic E-state index is 11.8. The molecule has 0 heterocycles. The van der Waals surface area contributed by atoms with E-state index < -0.39 is 11.5 Å². The molecule has 0 bridgehead atoms. The second-order valence-corrected chi connectivity index (χ2v) is 5.45. The SMILES string of the molecule is CN(C)CCNC1(C(=O)O)CCCc2ccccc21. The molecule has 0 spiro atoms. The zero-order chi connectivity index (χ0) is 13.9. The molecule has 0 fully saturated rings. The first-order chi connectivity index (χ1) is 9.06. The number of rotatable bonds is 5. The van der Waals surface area contributed by atoms with Crippen molar-refractivity contribution in [2.24, 2.45) is 0 Å². The van der Waals surface area contributed by atoms with Gasteiger partial charge in [0.25, 0.3) is 0 Å². The van der Waals surface area contributed by atoms with Crippen LogP contribution in [0.3, 0.4) is 0 Å². The minimum absolute atomic E-state index is 0.659. The van der Waals surface area contributed by atoms with Crippen LogP contribution in [0.4, 0.5) is 0 Å². The highest BCUT2D eigenvalue weighted by Gasteiger charge is 2.42. The number of likely N-dealkylation sites (N-methyl/N-ethyl adjacent to an activating group) is 1. The van der Waals surface area contributed by atoms with Crippen molar-refractivity contribution in [1.29, 1.82) is 0 Å². The van der Waals surface area contributed by atoms with Gasteiger partial charge >= 0.3 is 5.97 Å². The molecule has 0 saturated carbocycles. The number of benzene rings is 1. The highest BCUT2D eigenvalue weighted by Crippen LogP contribution is 2.35. The van der Waals surface area contributed by atoms with Crippen LogP contribution >= 0.6 is 0 Å². The largest absolute Gasteiger partial charge is 0.480 e. The van der Waals surface area contributed by atoms with Crippen molar-refractivity contribution >= 4 is 5.97 Å². The quantitative estimate of drug-likeness (QED) is 0.843. The van der Waals surface area contributed by atoms with Crippen LogP contribution < -0.4 is 5.32 Å². The van der Waals surface area contributed by atoms with Gasteiger partial charge in [-0.1, -0.05) is 24.3 Å². The molecule has 0 aromatic heterocycles. The molecule has 1 aromatic rings. The number of nitrogens with one attached hydrogen (secondary N) is 1. The molecule has 1 atom stereocenters. The van der Waals surface area contributed by atoms with Gasteiger partial charge in [0.15, 0.2) is 0 Å². The van der Waals surface area contributed by atoms with E-state index in [9.17, 15) is 9.90 Å². The fraction of sp³-hybridized carbons (Fsp3) is 0.533. The summed E-state index contributed by atoms with van der Waals surface area (Å²) in [6, 6.07) is 7.90. The molecular weight excluding hydrogens is 240 g/mol. The van der Waals surface area contributed by atoms with Gasteiger partial charge in [0.2, 0.25) is 0 Å². The molecule has 1 aromatic carbocycles. The molecule has 1 unspecified atom stereocenters. The molecule has 19 heavy (non-hydrogen) atoms. The summed E-state index contributed by atoms with van der Waals surface area (Å²) in [5, 5.41) is 13.0. The normalized spacial score (nSPS) is 22.3. The van der Waals surface area contributed by atoms with Gasteiger partial charge in [-0.05, 0) is 44.5 Å². The van der Waals surface area contributed by atoms with Crippen LogP contribution in [0.25, 0.3) is 0 Å². The van der Waals surface area contributed by atoms with E-state index in [0.717, 1.165) is 30.5 Å². The fourth-order valence-electron chi connectivity index (χ4n) is 2.81. The van der Waals surface area contributed by atoms with Crippen molar-refractivity contribution < 1.29 is 9.90 Å². The van der Waals surface area contributed by atoms with Crippen LogP contribution in [-0.2, 0) is 16.8 Å². The van der Waals surface area contributed by atoms with E-state index >= 15 is 0 Å². The minimum atomic E-state index is -0.912. The third-order valence-electron chi connectivity index (χ3n) is 3.83. The monoisotopic (exact) mass is 262 g/mol. The van der Waals surface area contributed by atoms with Gasteiger partial charge in [0, 0.05) is 13.1 Å². The van der Waals surface area contributed by atoms with E-state index in [-0.39, 0.29) is 0 Å². The molecule has 1 aliphatic rings. The first-order valence-corrected chi connectivity index (χ1v) is 6.78. The van der Waals surface area contributed by atoms with E-state index in [2.05, 4.69) is 10.2 Å². The highest BCUT2D eigenvalue weighted by molar-refractivity contribution is 5.81. The maximum atomic E-state index is 11.8. The van der Waals surface area contributed by atoms with Crippen molar-refractivity contribution in [1.82, 2.24) is 10.2 Å². The van der Waals surface area contributed by atoms with Crippen LogP contribution in [0.15, 0.2) is 24.3 Å². The summed E-state index contributed by atoms with van der Waals surface area (Å²) in [6.07, 6.45) is 2.55. The summed E-state index contributed by atoms with van der Waals surface area (Å²) in [6.45, 7) is 1.50.